The molecule has 0 aliphatic rings. The zero-order chi connectivity index (χ0) is 51.0. The molecule has 0 amide bonds. The predicted molar refractivity (Wildman–Crippen MR) is 336 cm³/mol. The second-order valence-corrected chi connectivity index (χ2v) is 21.2. The predicted octanol–water partition coefficient (Wildman–Crippen LogP) is 21.6. The largest absolute Gasteiger partial charge is 0.255 e. The Labute approximate surface area is 449 Å². The standard InChI is InChI=1S/C77H45N/c1-5-17-54-46(13-1)29-36-67-58(21-9-23-61(54)67)50-33-35-60-51(41-50)34-40-71-75(60)73(66-28-12-26-64-57-20-8-4-16-49(57)32-39-70(64)66)44-74-76(71)72(65-27-11-25-63-56-19-7-3-15-48(56)31-38-69(63)65)43-52-42-53(45-78-77(52)74)59-22-10-24-62-55-18-6-2-14-47(55)30-37-68(59)62/h1-45H. The summed E-state index contributed by atoms with van der Waals surface area (Å²) < 4.78 is 0. The van der Waals surface area contributed by atoms with Crippen LogP contribution in [0, 0.1) is 0 Å². The molecule has 0 bridgehead atoms. The molecule has 1 nitrogen and oxygen atoms in total. The third-order valence-corrected chi connectivity index (χ3v) is 17.2. The molecule has 0 spiro atoms. The van der Waals surface area contributed by atoms with Gasteiger partial charge in [-0.1, -0.05) is 243 Å². The fourth-order valence-corrected chi connectivity index (χ4v) is 13.7. The second kappa shape index (κ2) is 16.6. The number of hydrogen-bond donors (Lipinski definition) is 0. The van der Waals surface area contributed by atoms with Crippen molar-refractivity contribution in [2.24, 2.45) is 0 Å². The first-order valence-electron chi connectivity index (χ1n) is 27.1. The molecule has 1 aromatic heterocycles. The molecule has 358 valence electrons. The maximum absolute atomic E-state index is 5.59. The Morgan fingerprint density at radius 1 is 0.179 bits per heavy atom. The van der Waals surface area contributed by atoms with Gasteiger partial charge in [-0.3, -0.25) is 4.98 Å². The molecule has 0 atom stereocenters. The van der Waals surface area contributed by atoms with Crippen LogP contribution in [0.1, 0.15) is 0 Å². The number of hydrogen-bond acceptors (Lipinski definition) is 1. The van der Waals surface area contributed by atoms with E-state index in [-0.39, 0.29) is 0 Å². The highest BCUT2D eigenvalue weighted by atomic mass is 14.7. The number of pyridine rings is 1. The Morgan fingerprint density at radius 2 is 0.551 bits per heavy atom. The van der Waals surface area contributed by atoms with E-state index in [2.05, 4.69) is 273 Å². The monoisotopic (exact) mass is 983 g/mol. The van der Waals surface area contributed by atoms with Crippen LogP contribution in [0.15, 0.2) is 273 Å². The quantitative estimate of drug-likeness (QED) is 0.160. The van der Waals surface area contributed by atoms with E-state index in [1.165, 1.54) is 152 Å². The molecule has 0 aliphatic carbocycles. The summed E-state index contributed by atoms with van der Waals surface area (Å²) >= 11 is 0. The zero-order valence-electron chi connectivity index (χ0n) is 42.4. The average molecular weight is 984 g/mol. The van der Waals surface area contributed by atoms with Gasteiger partial charge in [-0.2, -0.15) is 0 Å². The van der Waals surface area contributed by atoms with E-state index < -0.39 is 0 Å². The van der Waals surface area contributed by atoms with E-state index in [0.717, 1.165) is 21.9 Å². The molecular formula is C77H45N. The fraction of sp³-hybridized carbons (Fsp3) is 0. The molecule has 0 saturated heterocycles. The number of aromatic nitrogens is 1. The lowest BCUT2D eigenvalue weighted by molar-refractivity contribution is 1.43. The highest BCUT2D eigenvalue weighted by molar-refractivity contribution is 6.32. The van der Waals surface area contributed by atoms with Gasteiger partial charge in [0.15, 0.2) is 0 Å². The summed E-state index contributed by atoms with van der Waals surface area (Å²) in [6.07, 6.45) is 2.11. The van der Waals surface area contributed by atoms with E-state index in [0.29, 0.717) is 0 Å². The molecule has 0 unspecified atom stereocenters. The third kappa shape index (κ3) is 6.34. The molecule has 17 aromatic rings. The Morgan fingerprint density at radius 3 is 1.06 bits per heavy atom. The van der Waals surface area contributed by atoms with Crippen LogP contribution in [0.4, 0.5) is 0 Å². The van der Waals surface area contributed by atoms with E-state index in [1.807, 2.05) is 0 Å². The summed E-state index contributed by atoms with van der Waals surface area (Å²) in [5.74, 6) is 0. The molecule has 0 radical (unpaired) electrons. The van der Waals surface area contributed by atoms with Crippen LogP contribution in [-0.2, 0) is 0 Å². The van der Waals surface area contributed by atoms with Gasteiger partial charge < -0.3 is 0 Å². The van der Waals surface area contributed by atoms with E-state index in [9.17, 15) is 0 Å². The van der Waals surface area contributed by atoms with Crippen molar-refractivity contribution in [1.29, 1.82) is 0 Å². The fourth-order valence-electron chi connectivity index (χ4n) is 13.7. The Bertz CT molecular complexity index is 5450. The molecule has 0 aliphatic heterocycles. The first kappa shape index (κ1) is 43.1. The van der Waals surface area contributed by atoms with Crippen molar-refractivity contribution < 1.29 is 0 Å². The Hall–Kier alpha value is -10.2. The molecule has 0 N–H and O–H groups in total. The summed E-state index contributed by atoms with van der Waals surface area (Å²) in [5.41, 5.74) is 10.5. The summed E-state index contributed by atoms with van der Waals surface area (Å²) in [6, 6.07) is 99.8. The van der Waals surface area contributed by atoms with Crippen molar-refractivity contribution >= 4 is 129 Å². The third-order valence-electron chi connectivity index (χ3n) is 17.2. The van der Waals surface area contributed by atoms with Crippen LogP contribution in [0.25, 0.3) is 174 Å². The molecule has 0 fully saturated rings. The first-order valence-corrected chi connectivity index (χ1v) is 27.1. The van der Waals surface area contributed by atoms with Crippen molar-refractivity contribution in [3.63, 3.8) is 0 Å². The number of nitrogens with zero attached hydrogens (tertiary/aromatic N) is 1. The smallest absolute Gasteiger partial charge is 0.0781 e. The lowest BCUT2D eigenvalue weighted by atomic mass is 9.83. The van der Waals surface area contributed by atoms with Crippen LogP contribution in [0.3, 0.4) is 0 Å². The molecule has 1 heteroatoms. The molecule has 17 rings (SSSR count). The minimum atomic E-state index is 0.988. The van der Waals surface area contributed by atoms with Crippen molar-refractivity contribution in [1.82, 2.24) is 4.98 Å². The highest BCUT2D eigenvalue weighted by Crippen LogP contribution is 2.49. The van der Waals surface area contributed by atoms with Crippen molar-refractivity contribution in [3.05, 3.63) is 273 Å². The summed E-state index contributed by atoms with van der Waals surface area (Å²) in [4.78, 5) is 5.59. The second-order valence-electron chi connectivity index (χ2n) is 21.2. The maximum Gasteiger partial charge on any atom is 0.0781 e. The lowest BCUT2D eigenvalue weighted by Gasteiger charge is -2.20. The molecule has 16 aromatic carbocycles. The van der Waals surface area contributed by atoms with Gasteiger partial charge >= 0.3 is 0 Å². The van der Waals surface area contributed by atoms with Gasteiger partial charge in [-0.25, -0.2) is 0 Å². The number of rotatable bonds is 4. The van der Waals surface area contributed by atoms with Gasteiger partial charge in [0.25, 0.3) is 0 Å². The molecule has 1 heterocycles. The SMILES string of the molecule is c1ccc2c(c1)ccc1c(-c3ccc4c(ccc5c4c(-c4cccc6c4ccc4ccccc46)cc4c6ncc(-c7cccc8c7ccc7ccccc78)cc6cc(-c6cccc7c6ccc6ccccc67)c45)c3)cccc12. The summed E-state index contributed by atoms with van der Waals surface area (Å²) in [6.45, 7) is 0. The number of benzene rings is 16. The van der Waals surface area contributed by atoms with Gasteiger partial charge in [0.05, 0.1) is 5.52 Å². The van der Waals surface area contributed by atoms with Crippen LogP contribution in [0.2, 0.25) is 0 Å². The molecule has 78 heavy (non-hydrogen) atoms. The van der Waals surface area contributed by atoms with Crippen LogP contribution in [0.5, 0.6) is 0 Å². The average Bonchev–Trinajstić information content (AvgIpc) is 3.67. The zero-order valence-corrected chi connectivity index (χ0v) is 42.4. The van der Waals surface area contributed by atoms with Gasteiger partial charge in [0.1, 0.15) is 0 Å². The number of fused-ring (bicyclic) bond motifs is 19. The minimum Gasteiger partial charge on any atom is -0.255 e. The highest BCUT2D eigenvalue weighted by Gasteiger charge is 2.22. The van der Waals surface area contributed by atoms with Crippen molar-refractivity contribution in [2.75, 3.05) is 0 Å². The summed E-state index contributed by atoms with van der Waals surface area (Å²) in [7, 11) is 0. The van der Waals surface area contributed by atoms with Gasteiger partial charge in [-0.05, 0) is 176 Å². The van der Waals surface area contributed by atoms with Crippen LogP contribution >= 0.6 is 0 Å². The maximum atomic E-state index is 5.59. The summed E-state index contributed by atoms with van der Waals surface area (Å²) in [5, 5.41) is 28.3. The normalized spacial score (nSPS) is 12.1. The minimum absolute atomic E-state index is 0.988. The van der Waals surface area contributed by atoms with Gasteiger partial charge in [-0.15, -0.1) is 0 Å². The first-order chi connectivity index (χ1) is 38.7. The van der Waals surface area contributed by atoms with Crippen LogP contribution < -0.4 is 0 Å². The topological polar surface area (TPSA) is 12.9 Å². The molecular weight excluding hydrogens is 939 g/mol. The van der Waals surface area contributed by atoms with E-state index >= 15 is 0 Å². The molecule has 0 saturated carbocycles. The van der Waals surface area contributed by atoms with E-state index in [1.54, 1.807) is 0 Å². The van der Waals surface area contributed by atoms with Gasteiger partial charge in [0, 0.05) is 22.5 Å². The van der Waals surface area contributed by atoms with Crippen molar-refractivity contribution in [2.45, 2.75) is 0 Å². The lowest BCUT2D eigenvalue weighted by Crippen LogP contribution is -1.94. The van der Waals surface area contributed by atoms with Crippen molar-refractivity contribution in [3.8, 4) is 44.5 Å². The Kier molecular flexibility index (Phi) is 9.19. The van der Waals surface area contributed by atoms with Crippen LogP contribution in [-0.4, -0.2) is 4.98 Å². The van der Waals surface area contributed by atoms with Gasteiger partial charge in [0.2, 0.25) is 0 Å². The Balaban J connectivity index is 0.998. The van der Waals surface area contributed by atoms with E-state index in [4.69, 9.17) is 4.98 Å².